The minimum Gasteiger partial charge on any atom is -0.350 e. The summed E-state index contributed by atoms with van der Waals surface area (Å²) >= 11 is 0. The quantitative estimate of drug-likeness (QED) is 0.395. The Hall–Kier alpha value is -3.93. The van der Waals surface area contributed by atoms with Gasteiger partial charge in [0.05, 0.1) is 4.92 Å². The molecule has 0 aliphatic heterocycles. The van der Waals surface area contributed by atoms with Gasteiger partial charge in [-0.05, 0) is 17.2 Å². The topological polar surface area (TPSA) is 88.0 Å². The third kappa shape index (κ3) is 3.35. The minimum absolute atomic E-state index is 0.0140. The van der Waals surface area contributed by atoms with E-state index in [1.54, 1.807) is 6.07 Å². The summed E-state index contributed by atoms with van der Waals surface area (Å²) in [6.45, 7) is 0.392. The number of amides is 1. The number of carbonyl (C=O) groups is 1. The zero-order chi connectivity index (χ0) is 19.5. The van der Waals surface area contributed by atoms with Crippen molar-refractivity contribution in [3.05, 3.63) is 100 Å². The molecule has 0 aliphatic carbocycles. The van der Waals surface area contributed by atoms with Gasteiger partial charge in [0.2, 0.25) is 0 Å². The largest absolute Gasteiger partial charge is 0.350 e. The highest BCUT2D eigenvalue weighted by atomic mass is 16.6. The molecule has 0 radical (unpaired) electrons. The highest BCUT2D eigenvalue weighted by Crippen LogP contribution is 2.34. The molecule has 3 aromatic carbocycles. The molecule has 0 atom stereocenters. The molecule has 138 valence electrons. The van der Waals surface area contributed by atoms with Crippen molar-refractivity contribution < 1.29 is 9.72 Å². The van der Waals surface area contributed by atoms with Crippen LogP contribution >= 0.6 is 0 Å². The molecule has 0 fully saturated rings. The average molecular weight is 371 g/mol. The molecule has 4 aromatic rings. The number of aromatic amines is 1. The fourth-order valence-electron chi connectivity index (χ4n) is 3.24. The van der Waals surface area contributed by atoms with Gasteiger partial charge < -0.3 is 10.3 Å². The smallest absolute Gasteiger partial charge is 0.270 e. The lowest BCUT2D eigenvalue weighted by Crippen LogP contribution is -2.23. The first-order valence-electron chi connectivity index (χ1n) is 8.81. The normalized spacial score (nSPS) is 10.7. The predicted molar refractivity (Wildman–Crippen MR) is 108 cm³/mol. The maximum Gasteiger partial charge on any atom is 0.270 e. The number of rotatable bonds is 5. The van der Waals surface area contributed by atoms with Crippen LogP contribution in [0.4, 0.5) is 5.69 Å². The highest BCUT2D eigenvalue weighted by Gasteiger charge is 2.21. The van der Waals surface area contributed by atoms with E-state index < -0.39 is 4.92 Å². The number of benzene rings is 3. The number of carbonyl (C=O) groups excluding carboxylic acids is 1. The van der Waals surface area contributed by atoms with Crippen LogP contribution < -0.4 is 5.32 Å². The molecule has 6 heteroatoms. The van der Waals surface area contributed by atoms with Gasteiger partial charge in [0.1, 0.15) is 5.69 Å². The van der Waals surface area contributed by atoms with E-state index in [0.717, 1.165) is 11.1 Å². The van der Waals surface area contributed by atoms with Gasteiger partial charge in [0.15, 0.2) is 0 Å². The molecule has 4 rings (SSSR count). The zero-order valence-corrected chi connectivity index (χ0v) is 14.9. The van der Waals surface area contributed by atoms with Crippen LogP contribution in [-0.2, 0) is 6.54 Å². The number of fused-ring (bicyclic) bond motifs is 1. The van der Waals surface area contributed by atoms with Gasteiger partial charge in [-0.2, -0.15) is 0 Å². The Morgan fingerprint density at radius 2 is 1.64 bits per heavy atom. The van der Waals surface area contributed by atoms with E-state index in [-0.39, 0.29) is 11.6 Å². The first kappa shape index (κ1) is 17.5. The van der Waals surface area contributed by atoms with E-state index in [1.807, 2.05) is 60.7 Å². The molecule has 2 N–H and O–H groups in total. The van der Waals surface area contributed by atoms with Gasteiger partial charge in [0.25, 0.3) is 11.6 Å². The molecule has 0 bridgehead atoms. The first-order chi connectivity index (χ1) is 13.6. The maximum absolute atomic E-state index is 12.9. The monoisotopic (exact) mass is 371 g/mol. The molecule has 1 heterocycles. The standard InChI is InChI=1S/C22H17N3O3/c26-22(23-14-15-7-3-1-4-8-15)21-20(16-9-5-2-6-10-16)18-13-17(25(27)28)11-12-19(18)24-21/h1-13,24H,14H2,(H,23,26). The molecular weight excluding hydrogens is 354 g/mol. The van der Waals surface area contributed by atoms with E-state index in [9.17, 15) is 14.9 Å². The summed E-state index contributed by atoms with van der Waals surface area (Å²) in [5.41, 5.74) is 3.51. The van der Waals surface area contributed by atoms with Crippen LogP contribution in [0.5, 0.6) is 0 Å². The molecule has 6 nitrogen and oxygen atoms in total. The molecule has 0 spiro atoms. The summed E-state index contributed by atoms with van der Waals surface area (Å²) in [6.07, 6.45) is 0. The summed E-state index contributed by atoms with van der Waals surface area (Å²) in [6, 6.07) is 23.6. The van der Waals surface area contributed by atoms with Crippen molar-refractivity contribution >= 4 is 22.5 Å². The number of nitrogens with one attached hydrogen (secondary N) is 2. The molecule has 0 saturated heterocycles. The molecule has 1 amide bonds. The second-order valence-electron chi connectivity index (χ2n) is 6.40. The Bertz CT molecular complexity index is 1150. The van der Waals surface area contributed by atoms with Crippen molar-refractivity contribution in [3.63, 3.8) is 0 Å². The van der Waals surface area contributed by atoms with Crippen LogP contribution in [-0.4, -0.2) is 15.8 Å². The first-order valence-corrected chi connectivity index (χ1v) is 8.81. The molecule has 0 unspecified atom stereocenters. The van der Waals surface area contributed by atoms with E-state index in [4.69, 9.17) is 0 Å². The van der Waals surface area contributed by atoms with Gasteiger partial charge in [0, 0.05) is 35.1 Å². The summed E-state index contributed by atoms with van der Waals surface area (Å²) < 4.78 is 0. The highest BCUT2D eigenvalue weighted by molar-refractivity contribution is 6.10. The maximum atomic E-state index is 12.9. The van der Waals surface area contributed by atoms with Gasteiger partial charge >= 0.3 is 0 Å². The predicted octanol–water partition coefficient (Wildman–Crippen LogP) is 4.67. The third-order valence-corrected chi connectivity index (χ3v) is 4.58. The van der Waals surface area contributed by atoms with Crippen LogP contribution in [0.25, 0.3) is 22.0 Å². The van der Waals surface area contributed by atoms with Crippen LogP contribution in [0.15, 0.2) is 78.9 Å². The van der Waals surface area contributed by atoms with Gasteiger partial charge in [-0.15, -0.1) is 0 Å². The fraction of sp³-hybridized carbons (Fsp3) is 0.0455. The number of nitrogens with zero attached hydrogens (tertiary/aromatic N) is 1. The lowest BCUT2D eigenvalue weighted by molar-refractivity contribution is -0.384. The van der Waals surface area contributed by atoms with E-state index in [0.29, 0.717) is 28.7 Å². The Labute approximate surface area is 161 Å². The number of nitro benzene ring substituents is 1. The number of nitro groups is 1. The number of hydrogen-bond donors (Lipinski definition) is 2. The van der Waals surface area contributed by atoms with Crippen molar-refractivity contribution in [1.29, 1.82) is 0 Å². The summed E-state index contributed by atoms with van der Waals surface area (Å²) in [5.74, 6) is -0.262. The Balaban J connectivity index is 1.78. The van der Waals surface area contributed by atoms with Crippen molar-refractivity contribution in [3.8, 4) is 11.1 Å². The zero-order valence-electron chi connectivity index (χ0n) is 14.9. The second-order valence-corrected chi connectivity index (χ2v) is 6.40. The summed E-state index contributed by atoms with van der Waals surface area (Å²) in [4.78, 5) is 26.8. The van der Waals surface area contributed by atoms with Gasteiger partial charge in [-0.25, -0.2) is 0 Å². The van der Waals surface area contributed by atoms with Crippen molar-refractivity contribution in [2.45, 2.75) is 6.54 Å². The van der Waals surface area contributed by atoms with E-state index in [1.165, 1.54) is 12.1 Å². The third-order valence-electron chi connectivity index (χ3n) is 4.58. The summed E-state index contributed by atoms with van der Waals surface area (Å²) in [7, 11) is 0. The van der Waals surface area contributed by atoms with Gasteiger partial charge in [-0.3, -0.25) is 14.9 Å². The lowest BCUT2D eigenvalue weighted by Gasteiger charge is -2.07. The number of non-ortho nitro benzene ring substituents is 1. The van der Waals surface area contributed by atoms with Crippen LogP contribution in [0.2, 0.25) is 0 Å². The van der Waals surface area contributed by atoms with Crippen LogP contribution in [0, 0.1) is 10.1 Å². The van der Waals surface area contributed by atoms with Gasteiger partial charge in [-0.1, -0.05) is 60.7 Å². The number of H-pyrrole nitrogens is 1. The Morgan fingerprint density at radius 3 is 2.32 bits per heavy atom. The molecule has 28 heavy (non-hydrogen) atoms. The van der Waals surface area contributed by atoms with Crippen LogP contribution in [0.3, 0.4) is 0 Å². The van der Waals surface area contributed by atoms with E-state index in [2.05, 4.69) is 10.3 Å². The Morgan fingerprint density at radius 1 is 0.964 bits per heavy atom. The molecular formula is C22H17N3O3. The fourth-order valence-corrected chi connectivity index (χ4v) is 3.24. The van der Waals surface area contributed by atoms with Crippen molar-refractivity contribution in [2.24, 2.45) is 0 Å². The number of aromatic nitrogens is 1. The van der Waals surface area contributed by atoms with Crippen LogP contribution in [0.1, 0.15) is 16.1 Å². The van der Waals surface area contributed by atoms with Crippen molar-refractivity contribution in [2.75, 3.05) is 0 Å². The van der Waals surface area contributed by atoms with Crippen molar-refractivity contribution in [1.82, 2.24) is 10.3 Å². The SMILES string of the molecule is O=C(NCc1ccccc1)c1[nH]c2ccc([N+](=O)[O-])cc2c1-c1ccccc1. The number of hydrogen-bond acceptors (Lipinski definition) is 3. The Kier molecular flexibility index (Phi) is 4.60. The molecule has 0 aliphatic rings. The minimum atomic E-state index is -0.434. The second kappa shape index (κ2) is 7.36. The molecule has 0 saturated carbocycles. The van der Waals surface area contributed by atoms with E-state index >= 15 is 0 Å². The lowest BCUT2D eigenvalue weighted by atomic mass is 10.0. The average Bonchev–Trinajstić information content (AvgIpc) is 3.12. The molecule has 1 aromatic heterocycles. The summed E-state index contributed by atoms with van der Waals surface area (Å²) in [5, 5.41) is 14.8.